The summed E-state index contributed by atoms with van der Waals surface area (Å²) in [6.07, 6.45) is -3.11. The maximum atomic E-state index is 10.6. The maximum absolute atomic E-state index is 10.6. The van der Waals surface area contributed by atoms with E-state index in [0.29, 0.717) is 5.92 Å². The van der Waals surface area contributed by atoms with Crippen molar-refractivity contribution in [3.05, 3.63) is 0 Å². The number of rotatable bonds is 2. The molecule has 0 spiro atoms. The number of carboxylic acids is 1. The van der Waals surface area contributed by atoms with Gasteiger partial charge in [0.25, 0.3) is 0 Å². The number of nitrogens with one attached hydrogen (secondary N) is 1. The second-order valence-corrected chi connectivity index (χ2v) is 4.15. The first-order chi connectivity index (χ1) is 7.29. The first kappa shape index (κ1) is 15.5. The first-order valence-electron chi connectivity index (χ1n) is 4.46. The van der Waals surface area contributed by atoms with Crippen LogP contribution in [0.5, 0.6) is 0 Å². The molecule has 16 heavy (non-hydrogen) atoms. The Balaban J connectivity index is 0.000000293. The minimum atomic E-state index is -5.08. The van der Waals surface area contributed by atoms with Gasteiger partial charge in [0.1, 0.15) is 0 Å². The average Bonchev–Trinajstić information content (AvgIpc) is 2.52. The van der Waals surface area contributed by atoms with Crippen LogP contribution in [0, 0.1) is 5.92 Å². The molecule has 3 N–H and O–H groups in total. The van der Waals surface area contributed by atoms with E-state index in [1.54, 1.807) is 11.8 Å². The highest BCUT2D eigenvalue weighted by Crippen LogP contribution is 2.13. The smallest absolute Gasteiger partial charge is 0.475 e. The first-order valence-corrected chi connectivity index (χ1v) is 5.86. The van der Waals surface area contributed by atoms with Crippen molar-refractivity contribution in [3.8, 4) is 0 Å². The molecule has 0 bridgehead atoms. The molecule has 0 radical (unpaired) electrons. The van der Waals surface area contributed by atoms with E-state index in [9.17, 15) is 18.3 Å². The lowest BCUT2D eigenvalue weighted by molar-refractivity contribution is -0.192. The molecule has 0 saturated carbocycles. The molecule has 0 aromatic carbocycles. The number of aliphatic hydroxyl groups excluding tert-OH is 1. The number of hydrogen-bond acceptors (Lipinski definition) is 4. The Morgan fingerprint density at radius 1 is 1.50 bits per heavy atom. The summed E-state index contributed by atoms with van der Waals surface area (Å²) in [6, 6.07) is 0. The highest BCUT2D eigenvalue weighted by Gasteiger charge is 2.38. The lowest BCUT2D eigenvalue weighted by atomic mass is 10.1. The molecule has 4 nitrogen and oxygen atoms in total. The van der Waals surface area contributed by atoms with Gasteiger partial charge in [-0.1, -0.05) is 0 Å². The normalized spacial score (nSPS) is 24.8. The Hall–Kier alpha value is -0.470. The van der Waals surface area contributed by atoms with Crippen LogP contribution in [-0.4, -0.2) is 53.6 Å². The topological polar surface area (TPSA) is 69.6 Å². The molecule has 8 heteroatoms. The zero-order valence-corrected chi connectivity index (χ0v) is 9.44. The third kappa shape index (κ3) is 6.19. The number of thioether (sulfide) groups is 1. The van der Waals surface area contributed by atoms with Crippen LogP contribution >= 0.6 is 11.8 Å². The summed E-state index contributed by atoms with van der Waals surface area (Å²) in [4.78, 5) is 8.90. The lowest BCUT2D eigenvalue weighted by Gasteiger charge is -2.09. The number of β-amino-alcohol motifs (C(OH)–C–C–N with tert-alkyl or cyclic N) is 1. The SMILES string of the molecule is CSCC1CNCC1O.O=C(O)C(F)(F)F. The van der Waals surface area contributed by atoms with Crippen LogP contribution in [0.2, 0.25) is 0 Å². The molecule has 1 fully saturated rings. The van der Waals surface area contributed by atoms with E-state index in [1.165, 1.54) is 0 Å². The van der Waals surface area contributed by atoms with Crippen molar-refractivity contribution in [3.63, 3.8) is 0 Å². The van der Waals surface area contributed by atoms with Gasteiger partial charge in [-0.25, -0.2) is 4.79 Å². The van der Waals surface area contributed by atoms with Crippen molar-refractivity contribution in [2.45, 2.75) is 12.3 Å². The molecule has 96 valence electrons. The van der Waals surface area contributed by atoms with Crippen LogP contribution in [0.3, 0.4) is 0 Å². The van der Waals surface area contributed by atoms with E-state index in [0.717, 1.165) is 18.8 Å². The fraction of sp³-hybridized carbons (Fsp3) is 0.875. The molecular weight excluding hydrogens is 247 g/mol. The Morgan fingerprint density at radius 2 is 2.00 bits per heavy atom. The number of carboxylic acid groups (broad SMARTS) is 1. The van der Waals surface area contributed by atoms with Crippen LogP contribution in [0.1, 0.15) is 0 Å². The van der Waals surface area contributed by atoms with Crippen LogP contribution in [-0.2, 0) is 4.79 Å². The van der Waals surface area contributed by atoms with E-state index >= 15 is 0 Å². The maximum Gasteiger partial charge on any atom is 0.490 e. The molecule has 0 aromatic heterocycles. The summed E-state index contributed by atoms with van der Waals surface area (Å²) in [6.45, 7) is 1.77. The van der Waals surface area contributed by atoms with Gasteiger partial charge in [0.05, 0.1) is 6.10 Å². The minimum Gasteiger partial charge on any atom is -0.475 e. The molecule has 0 aromatic rings. The van der Waals surface area contributed by atoms with Crippen LogP contribution < -0.4 is 5.32 Å². The molecule has 2 atom stereocenters. The summed E-state index contributed by atoms with van der Waals surface area (Å²) in [5, 5.41) is 19.5. The van der Waals surface area contributed by atoms with Gasteiger partial charge in [0.15, 0.2) is 0 Å². The Morgan fingerprint density at radius 3 is 2.25 bits per heavy atom. The number of alkyl halides is 3. The summed E-state index contributed by atoms with van der Waals surface area (Å²) in [5.74, 6) is -1.19. The zero-order valence-electron chi connectivity index (χ0n) is 8.62. The van der Waals surface area contributed by atoms with Crippen molar-refractivity contribution in [1.82, 2.24) is 5.32 Å². The van der Waals surface area contributed by atoms with Gasteiger partial charge in [0.2, 0.25) is 0 Å². The highest BCUT2D eigenvalue weighted by atomic mass is 32.2. The van der Waals surface area contributed by atoms with Gasteiger partial charge in [-0.05, 0) is 12.0 Å². The van der Waals surface area contributed by atoms with E-state index in [-0.39, 0.29) is 6.10 Å². The van der Waals surface area contributed by atoms with Crippen LogP contribution in [0.15, 0.2) is 0 Å². The third-order valence-corrected chi connectivity index (χ3v) is 2.69. The van der Waals surface area contributed by atoms with Crippen molar-refractivity contribution in [2.75, 3.05) is 25.1 Å². The quantitative estimate of drug-likeness (QED) is 0.677. The highest BCUT2D eigenvalue weighted by molar-refractivity contribution is 7.98. The minimum absolute atomic E-state index is 0.0996. The second kappa shape index (κ2) is 6.97. The molecular formula is C8H14F3NO3S. The molecule has 1 aliphatic heterocycles. The Bertz CT molecular complexity index is 225. The molecule has 0 amide bonds. The van der Waals surface area contributed by atoms with Crippen LogP contribution in [0.4, 0.5) is 13.2 Å². The van der Waals surface area contributed by atoms with E-state index in [2.05, 4.69) is 11.6 Å². The predicted octanol–water partition coefficient (Wildman–Crippen LogP) is 0.563. The number of aliphatic hydroxyl groups is 1. The van der Waals surface area contributed by atoms with Gasteiger partial charge in [0, 0.05) is 19.0 Å². The number of aliphatic carboxylic acids is 1. The number of hydrogen-bond donors (Lipinski definition) is 3. The summed E-state index contributed by atoms with van der Waals surface area (Å²) in [5.41, 5.74) is 0. The third-order valence-electron chi connectivity index (χ3n) is 1.93. The summed E-state index contributed by atoms with van der Waals surface area (Å²) >= 11 is 1.80. The molecule has 1 rings (SSSR count). The van der Waals surface area contributed by atoms with Gasteiger partial charge in [-0.3, -0.25) is 0 Å². The molecule has 0 aliphatic carbocycles. The Labute approximate surface area is 95.2 Å². The monoisotopic (exact) mass is 261 g/mol. The van der Waals surface area contributed by atoms with E-state index < -0.39 is 12.1 Å². The van der Waals surface area contributed by atoms with Gasteiger partial charge in [-0.2, -0.15) is 24.9 Å². The van der Waals surface area contributed by atoms with E-state index in [1.807, 2.05) is 0 Å². The summed E-state index contributed by atoms with van der Waals surface area (Å²) < 4.78 is 31.7. The van der Waals surface area contributed by atoms with Gasteiger partial charge in [-0.15, -0.1) is 0 Å². The second-order valence-electron chi connectivity index (χ2n) is 3.24. The molecule has 2 unspecified atom stereocenters. The van der Waals surface area contributed by atoms with Crippen molar-refractivity contribution in [1.29, 1.82) is 0 Å². The van der Waals surface area contributed by atoms with Gasteiger partial charge >= 0.3 is 12.1 Å². The van der Waals surface area contributed by atoms with Gasteiger partial charge < -0.3 is 15.5 Å². The zero-order chi connectivity index (χ0) is 12.8. The van der Waals surface area contributed by atoms with Crippen molar-refractivity contribution < 1.29 is 28.2 Å². The fourth-order valence-corrected chi connectivity index (χ4v) is 1.87. The standard InChI is InChI=1S/C6H13NOS.C2HF3O2/c1-9-4-5-2-7-3-6(5)8;3-2(4,5)1(6)7/h5-8H,2-4H2,1H3;(H,6,7). The van der Waals surface area contributed by atoms with Crippen LogP contribution in [0.25, 0.3) is 0 Å². The van der Waals surface area contributed by atoms with Crippen molar-refractivity contribution >= 4 is 17.7 Å². The molecule has 1 aliphatic rings. The predicted molar refractivity (Wildman–Crippen MR) is 54.4 cm³/mol. The largest absolute Gasteiger partial charge is 0.490 e. The lowest BCUT2D eigenvalue weighted by Crippen LogP contribution is -2.21. The fourth-order valence-electron chi connectivity index (χ4n) is 1.10. The summed E-state index contributed by atoms with van der Waals surface area (Å²) in [7, 11) is 0. The average molecular weight is 261 g/mol. The molecule has 1 saturated heterocycles. The molecule has 1 heterocycles. The number of carbonyl (C=O) groups is 1. The Kier molecular flexibility index (Phi) is 6.77. The van der Waals surface area contributed by atoms with Crippen molar-refractivity contribution in [2.24, 2.45) is 5.92 Å². The number of halogens is 3. The van der Waals surface area contributed by atoms with E-state index in [4.69, 9.17) is 9.90 Å².